The van der Waals surface area contributed by atoms with E-state index in [1.807, 2.05) is 26.0 Å². The lowest BCUT2D eigenvalue weighted by Gasteiger charge is -2.32. The maximum Gasteiger partial charge on any atom is 0.328 e. The van der Waals surface area contributed by atoms with Gasteiger partial charge in [0.2, 0.25) is 0 Å². The summed E-state index contributed by atoms with van der Waals surface area (Å²) in [4.78, 5) is 37.3. The smallest absolute Gasteiger partial charge is 0.328 e. The summed E-state index contributed by atoms with van der Waals surface area (Å²) in [6.07, 6.45) is 1.51. The van der Waals surface area contributed by atoms with Gasteiger partial charge in [-0.05, 0) is 37.1 Å². The molecule has 7 heteroatoms. The molecular weight excluding hydrogens is 420 g/mol. The molecule has 0 aliphatic heterocycles. The number of carbonyl (C=O) groups is 3. The Kier molecular flexibility index (Phi) is 7.05. The van der Waals surface area contributed by atoms with Crippen LogP contribution in [0.15, 0.2) is 91.0 Å². The fourth-order valence-corrected chi connectivity index (χ4v) is 3.39. The summed E-state index contributed by atoms with van der Waals surface area (Å²) < 4.78 is 0. The zero-order chi connectivity index (χ0) is 24.0. The van der Waals surface area contributed by atoms with Crippen molar-refractivity contribution in [2.75, 3.05) is 5.01 Å². The zero-order valence-corrected chi connectivity index (χ0v) is 18.2. The third-order valence-corrected chi connectivity index (χ3v) is 5.02. The largest absolute Gasteiger partial charge is 0.478 e. The summed E-state index contributed by atoms with van der Waals surface area (Å²) in [6.45, 7) is 3.68. The predicted octanol–water partition coefficient (Wildman–Crippen LogP) is 3.24. The van der Waals surface area contributed by atoms with Gasteiger partial charge in [-0.2, -0.15) is 0 Å². The molecule has 2 amide bonds. The van der Waals surface area contributed by atoms with Crippen molar-refractivity contribution in [3.8, 4) is 0 Å². The normalized spacial score (nSPS) is 11.2. The first-order valence-electron chi connectivity index (χ1n) is 10.2. The van der Waals surface area contributed by atoms with E-state index in [2.05, 4.69) is 5.43 Å². The van der Waals surface area contributed by atoms with Crippen LogP contribution in [0.1, 0.15) is 22.3 Å². The summed E-state index contributed by atoms with van der Waals surface area (Å²) in [5, 5.41) is 21.6. The van der Waals surface area contributed by atoms with Crippen LogP contribution in [0.3, 0.4) is 0 Å². The number of aryl methyl sites for hydroxylation is 2. The van der Waals surface area contributed by atoms with E-state index < -0.39 is 23.4 Å². The van der Waals surface area contributed by atoms with Gasteiger partial charge < -0.3 is 10.2 Å². The number of hydrogen-bond acceptors (Lipinski definition) is 4. The molecule has 0 spiro atoms. The first kappa shape index (κ1) is 23.4. The number of amides is 2. The van der Waals surface area contributed by atoms with Crippen LogP contribution in [0, 0.1) is 13.8 Å². The highest BCUT2D eigenvalue weighted by molar-refractivity contribution is 6.06. The number of hydrogen-bond donors (Lipinski definition) is 3. The van der Waals surface area contributed by atoms with E-state index >= 15 is 0 Å². The summed E-state index contributed by atoms with van der Waals surface area (Å²) in [5.74, 6) is -2.98. The highest BCUT2D eigenvalue weighted by Gasteiger charge is 2.41. The van der Waals surface area contributed by atoms with Gasteiger partial charge in [0.15, 0.2) is 5.60 Å². The molecule has 0 aromatic heterocycles. The number of nitrogens with one attached hydrogen (secondary N) is 1. The van der Waals surface area contributed by atoms with Gasteiger partial charge in [-0.3, -0.25) is 15.0 Å². The molecule has 0 radical (unpaired) electrons. The number of hydrazine groups is 1. The zero-order valence-electron chi connectivity index (χ0n) is 18.2. The predicted molar refractivity (Wildman–Crippen MR) is 124 cm³/mol. The van der Waals surface area contributed by atoms with Crippen molar-refractivity contribution in [3.63, 3.8) is 0 Å². The van der Waals surface area contributed by atoms with Crippen molar-refractivity contribution in [2.45, 2.75) is 19.4 Å². The van der Waals surface area contributed by atoms with Crippen LogP contribution >= 0.6 is 0 Å². The van der Waals surface area contributed by atoms with Crippen molar-refractivity contribution >= 4 is 23.5 Å². The number of rotatable bonds is 6. The van der Waals surface area contributed by atoms with Crippen molar-refractivity contribution in [2.24, 2.45) is 0 Å². The number of aliphatic hydroxyl groups is 1. The second kappa shape index (κ2) is 9.93. The molecule has 0 unspecified atom stereocenters. The molecule has 0 saturated heterocycles. The van der Waals surface area contributed by atoms with E-state index in [1.165, 1.54) is 0 Å². The molecular formula is C26H24N2O5. The quantitative estimate of drug-likeness (QED) is 0.400. The standard InChI is InChI=1S/C26H24N2O5/c1-18-8-6-10-20(16-18)26(33,21-11-7-9-19(2)17-21)25(32)27-28(22-12-4-3-5-13-22)23(29)14-15-24(30)31/h3-17,33H,1-2H3,(H,27,32)(H,30,31). The van der Waals surface area contributed by atoms with Gasteiger partial charge in [0.1, 0.15) is 0 Å². The second-order valence-electron chi connectivity index (χ2n) is 7.57. The van der Waals surface area contributed by atoms with Crippen LogP contribution < -0.4 is 10.4 Å². The lowest BCUT2D eigenvalue weighted by Crippen LogP contribution is -2.54. The summed E-state index contributed by atoms with van der Waals surface area (Å²) in [5.41, 5.74) is 2.99. The minimum absolute atomic E-state index is 0.293. The average Bonchev–Trinajstić information content (AvgIpc) is 2.80. The number of carboxylic acids is 1. The number of carboxylic acid groups (broad SMARTS) is 1. The van der Waals surface area contributed by atoms with Crippen LogP contribution in [0.5, 0.6) is 0 Å². The van der Waals surface area contributed by atoms with E-state index in [9.17, 15) is 19.5 Å². The Hall–Kier alpha value is -4.23. The van der Waals surface area contributed by atoms with Gasteiger partial charge in [0, 0.05) is 12.2 Å². The van der Waals surface area contributed by atoms with Crippen LogP contribution in [0.25, 0.3) is 0 Å². The topological polar surface area (TPSA) is 107 Å². The molecule has 0 atom stereocenters. The van der Waals surface area contributed by atoms with Crippen molar-refractivity contribution in [1.29, 1.82) is 0 Å². The Balaban J connectivity index is 2.09. The Morgan fingerprint density at radius 2 is 1.36 bits per heavy atom. The highest BCUT2D eigenvalue weighted by atomic mass is 16.4. The van der Waals surface area contributed by atoms with Gasteiger partial charge in [0.25, 0.3) is 11.8 Å². The molecule has 0 aliphatic carbocycles. The van der Waals surface area contributed by atoms with E-state index in [-0.39, 0.29) is 0 Å². The van der Waals surface area contributed by atoms with Crippen LogP contribution in [0.2, 0.25) is 0 Å². The van der Waals surface area contributed by atoms with E-state index in [0.29, 0.717) is 22.9 Å². The molecule has 0 aliphatic rings. The van der Waals surface area contributed by atoms with Crippen LogP contribution in [0.4, 0.5) is 5.69 Å². The van der Waals surface area contributed by atoms with Crippen molar-refractivity contribution < 1.29 is 24.6 Å². The minimum Gasteiger partial charge on any atom is -0.478 e. The molecule has 0 heterocycles. The highest BCUT2D eigenvalue weighted by Crippen LogP contribution is 2.31. The molecule has 168 valence electrons. The average molecular weight is 444 g/mol. The van der Waals surface area contributed by atoms with E-state index in [1.54, 1.807) is 66.7 Å². The Morgan fingerprint density at radius 1 is 0.818 bits per heavy atom. The SMILES string of the molecule is Cc1cccc(C(O)(C(=O)NN(C(=O)C=CC(=O)O)c2ccccc2)c2cccc(C)c2)c1. The fraction of sp³-hybridized carbons (Fsp3) is 0.115. The number of benzene rings is 3. The minimum atomic E-state index is -2.12. The number of nitrogens with zero attached hydrogens (tertiary/aromatic N) is 1. The molecule has 3 rings (SSSR count). The summed E-state index contributed by atoms with van der Waals surface area (Å²) in [7, 11) is 0. The fourth-order valence-electron chi connectivity index (χ4n) is 3.39. The summed E-state index contributed by atoms with van der Waals surface area (Å²) >= 11 is 0. The van der Waals surface area contributed by atoms with Gasteiger partial charge in [-0.15, -0.1) is 0 Å². The molecule has 0 saturated carbocycles. The van der Waals surface area contributed by atoms with E-state index in [4.69, 9.17) is 5.11 Å². The van der Waals surface area contributed by atoms with Gasteiger partial charge in [-0.25, -0.2) is 9.80 Å². The maximum atomic E-state index is 13.6. The van der Waals surface area contributed by atoms with E-state index in [0.717, 1.165) is 22.2 Å². The number of anilines is 1. The number of aliphatic carboxylic acids is 1. The Bertz CT molecular complexity index is 1160. The Morgan fingerprint density at radius 3 is 1.85 bits per heavy atom. The molecule has 0 bridgehead atoms. The lowest BCUT2D eigenvalue weighted by molar-refractivity contribution is -0.138. The first-order chi connectivity index (χ1) is 15.7. The molecule has 3 aromatic carbocycles. The lowest BCUT2D eigenvalue weighted by atomic mass is 9.84. The molecule has 3 N–H and O–H groups in total. The third-order valence-electron chi connectivity index (χ3n) is 5.02. The third kappa shape index (κ3) is 5.34. The van der Waals surface area contributed by atoms with Gasteiger partial charge in [0.05, 0.1) is 5.69 Å². The molecule has 0 fully saturated rings. The number of para-hydroxylation sites is 1. The van der Waals surface area contributed by atoms with Gasteiger partial charge >= 0.3 is 5.97 Å². The first-order valence-corrected chi connectivity index (χ1v) is 10.2. The molecule has 3 aromatic rings. The summed E-state index contributed by atoms with van der Waals surface area (Å²) in [6, 6.07) is 22.0. The second-order valence-corrected chi connectivity index (χ2v) is 7.57. The van der Waals surface area contributed by atoms with Gasteiger partial charge in [-0.1, -0.05) is 77.9 Å². The maximum absolute atomic E-state index is 13.6. The number of carbonyl (C=O) groups excluding carboxylic acids is 2. The van der Waals surface area contributed by atoms with Crippen LogP contribution in [-0.2, 0) is 20.0 Å². The van der Waals surface area contributed by atoms with Crippen molar-refractivity contribution in [1.82, 2.24) is 5.43 Å². The van der Waals surface area contributed by atoms with Crippen LogP contribution in [-0.4, -0.2) is 28.0 Å². The Labute approximate surface area is 191 Å². The molecule has 7 nitrogen and oxygen atoms in total. The van der Waals surface area contributed by atoms with Crippen molar-refractivity contribution in [3.05, 3.63) is 113 Å². The molecule has 33 heavy (non-hydrogen) atoms. The monoisotopic (exact) mass is 444 g/mol.